The summed E-state index contributed by atoms with van der Waals surface area (Å²) in [5.74, 6) is -1.23. The maximum atomic E-state index is 11.5. The molecule has 0 spiro atoms. The summed E-state index contributed by atoms with van der Waals surface area (Å²) in [7, 11) is 0. The lowest BCUT2D eigenvalue weighted by Crippen LogP contribution is -2.14. The van der Waals surface area contributed by atoms with E-state index in [-0.39, 0.29) is 21.5 Å². The van der Waals surface area contributed by atoms with E-state index in [1.54, 1.807) is 0 Å². The van der Waals surface area contributed by atoms with Gasteiger partial charge in [0.05, 0.1) is 10.4 Å². The van der Waals surface area contributed by atoms with E-state index in [9.17, 15) is 9.59 Å². The average Bonchev–Trinajstić information content (AvgIpc) is 2.15. The summed E-state index contributed by atoms with van der Waals surface area (Å²) < 4.78 is 0.583. The van der Waals surface area contributed by atoms with E-state index in [0.717, 1.165) is 0 Å². The van der Waals surface area contributed by atoms with Gasteiger partial charge in [0.2, 0.25) is 0 Å². The number of aromatic amines is 1. The summed E-state index contributed by atoms with van der Waals surface area (Å²) in [6.07, 6.45) is 0. The number of carbonyl (C=O) groups is 1. The van der Waals surface area contributed by atoms with Crippen LogP contribution in [0.4, 0.5) is 0 Å². The van der Waals surface area contributed by atoms with Gasteiger partial charge in [-0.25, -0.2) is 9.89 Å². The smallest absolute Gasteiger partial charge is 0.356 e. The molecule has 0 amide bonds. The molecule has 2 aromatic rings. The predicted molar refractivity (Wildman–Crippen MR) is 62.0 cm³/mol. The number of benzene rings is 1. The van der Waals surface area contributed by atoms with Crippen LogP contribution in [0.3, 0.4) is 0 Å². The lowest BCUT2D eigenvalue weighted by Gasteiger charge is -2.03. The molecule has 0 aliphatic carbocycles. The molecule has 0 aliphatic rings. The van der Waals surface area contributed by atoms with Crippen molar-refractivity contribution >= 4 is 44.3 Å². The number of aromatic carboxylic acids is 1. The van der Waals surface area contributed by atoms with Crippen LogP contribution in [-0.2, 0) is 0 Å². The van der Waals surface area contributed by atoms with Crippen LogP contribution in [-0.4, -0.2) is 21.3 Å². The highest BCUT2D eigenvalue weighted by Gasteiger charge is 2.15. The second-order valence-corrected chi connectivity index (χ2v) is 4.34. The number of aromatic nitrogens is 2. The molecule has 16 heavy (non-hydrogen) atoms. The van der Waals surface area contributed by atoms with Crippen molar-refractivity contribution in [2.45, 2.75) is 0 Å². The fourth-order valence-electron chi connectivity index (χ4n) is 1.38. The van der Waals surface area contributed by atoms with Crippen molar-refractivity contribution in [3.05, 3.63) is 37.7 Å². The molecule has 1 aromatic carbocycles. The summed E-state index contributed by atoms with van der Waals surface area (Å²) in [5.41, 5.74) is -0.754. The van der Waals surface area contributed by atoms with Crippen LogP contribution >= 0.6 is 27.5 Å². The topological polar surface area (TPSA) is 83.0 Å². The molecule has 0 saturated carbocycles. The third-order valence-corrected chi connectivity index (χ3v) is 2.76. The summed E-state index contributed by atoms with van der Waals surface area (Å²) in [6, 6.07) is 3.01. The van der Waals surface area contributed by atoms with E-state index >= 15 is 0 Å². The number of H-pyrrole nitrogens is 1. The minimum atomic E-state index is -1.23. The Labute approximate surface area is 102 Å². The molecule has 0 radical (unpaired) electrons. The van der Waals surface area contributed by atoms with Crippen molar-refractivity contribution in [2.24, 2.45) is 0 Å². The van der Waals surface area contributed by atoms with Gasteiger partial charge >= 0.3 is 5.97 Å². The Kier molecular flexibility index (Phi) is 2.69. The zero-order chi connectivity index (χ0) is 11.9. The van der Waals surface area contributed by atoms with Gasteiger partial charge in [0.15, 0.2) is 5.69 Å². The van der Waals surface area contributed by atoms with Crippen LogP contribution in [0.1, 0.15) is 10.5 Å². The van der Waals surface area contributed by atoms with Crippen LogP contribution < -0.4 is 5.56 Å². The fraction of sp³-hybridized carbons (Fsp3) is 0. The molecule has 0 atom stereocenters. The number of carboxylic acid groups (broad SMARTS) is 1. The fourth-order valence-corrected chi connectivity index (χ4v) is 2.27. The first-order valence-electron chi connectivity index (χ1n) is 4.11. The van der Waals surface area contributed by atoms with Crippen LogP contribution in [0.2, 0.25) is 5.02 Å². The zero-order valence-electron chi connectivity index (χ0n) is 7.62. The molecule has 0 aliphatic heterocycles. The molecule has 7 heteroatoms. The van der Waals surface area contributed by atoms with Gasteiger partial charge in [-0.15, -0.1) is 0 Å². The molecule has 1 aromatic heterocycles. The third kappa shape index (κ3) is 1.70. The van der Waals surface area contributed by atoms with Crippen LogP contribution in [0, 0.1) is 0 Å². The van der Waals surface area contributed by atoms with Crippen molar-refractivity contribution in [2.75, 3.05) is 0 Å². The number of nitrogens with one attached hydrogen (secondary N) is 1. The average molecular weight is 303 g/mol. The molecule has 2 rings (SSSR count). The second-order valence-electron chi connectivity index (χ2n) is 3.02. The van der Waals surface area contributed by atoms with Crippen LogP contribution in [0.5, 0.6) is 0 Å². The first-order valence-corrected chi connectivity index (χ1v) is 5.28. The molecule has 5 nitrogen and oxygen atoms in total. The summed E-state index contributed by atoms with van der Waals surface area (Å²) in [6.45, 7) is 0. The molecule has 0 fully saturated rings. The molecular formula is C9H4BrClN2O3. The van der Waals surface area contributed by atoms with Gasteiger partial charge in [0.1, 0.15) is 0 Å². The van der Waals surface area contributed by atoms with Crippen molar-refractivity contribution in [3.8, 4) is 0 Å². The molecule has 0 unspecified atom stereocenters. The molecular weight excluding hydrogens is 299 g/mol. The second kappa shape index (κ2) is 3.88. The summed E-state index contributed by atoms with van der Waals surface area (Å²) in [4.78, 5) is 22.4. The van der Waals surface area contributed by atoms with Crippen molar-refractivity contribution in [1.82, 2.24) is 10.2 Å². The number of carboxylic acids is 1. The Morgan fingerprint density at radius 3 is 2.81 bits per heavy atom. The molecule has 2 N–H and O–H groups in total. The normalized spacial score (nSPS) is 10.6. The number of halogens is 2. The SMILES string of the molecule is O=C(O)c1n[nH]c(=O)c2c(Cl)cc(Br)cc12. The highest BCUT2D eigenvalue weighted by Crippen LogP contribution is 2.26. The van der Waals surface area contributed by atoms with Crippen LogP contribution in [0.15, 0.2) is 21.4 Å². The van der Waals surface area contributed by atoms with Gasteiger partial charge in [-0.2, -0.15) is 5.10 Å². The number of rotatable bonds is 1. The van der Waals surface area contributed by atoms with Gasteiger partial charge in [-0.1, -0.05) is 27.5 Å². The lowest BCUT2D eigenvalue weighted by atomic mass is 10.1. The van der Waals surface area contributed by atoms with E-state index in [4.69, 9.17) is 16.7 Å². The molecule has 0 saturated heterocycles. The minimum Gasteiger partial charge on any atom is -0.476 e. The Bertz CT molecular complexity index is 653. The van der Waals surface area contributed by atoms with Gasteiger partial charge in [0.25, 0.3) is 5.56 Å². The summed E-state index contributed by atoms with van der Waals surface area (Å²) in [5, 5.41) is 15.0. The van der Waals surface area contributed by atoms with Crippen molar-refractivity contribution in [1.29, 1.82) is 0 Å². The van der Waals surface area contributed by atoms with Gasteiger partial charge in [-0.05, 0) is 12.1 Å². The summed E-state index contributed by atoms with van der Waals surface area (Å²) >= 11 is 9.05. The molecule has 82 valence electrons. The van der Waals surface area contributed by atoms with E-state index in [2.05, 4.69) is 26.1 Å². The Morgan fingerprint density at radius 1 is 1.50 bits per heavy atom. The highest BCUT2D eigenvalue weighted by atomic mass is 79.9. The quantitative estimate of drug-likeness (QED) is 0.844. The number of hydrogen-bond donors (Lipinski definition) is 2. The number of nitrogens with zero attached hydrogens (tertiary/aromatic N) is 1. The predicted octanol–water partition coefficient (Wildman–Crippen LogP) is 2.04. The monoisotopic (exact) mass is 302 g/mol. The van der Waals surface area contributed by atoms with Crippen LogP contribution in [0.25, 0.3) is 10.8 Å². The van der Waals surface area contributed by atoms with Crippen molar-refractivity contribution in [3.63, 3.8) is 0 Å². The largest absolute Gasteiger partial charge is 0.476 e. The molecule has 0 bridgehead atoms. The minimum absolute atomic E-state index is 0.122. The van der Waals surface area contributed by atoms with E-state index in [1.807, 2.05) is 0 Å². The lowest BCUT2D eigenvalue weighted by molar-refractivity contribution is 0.0691. The van der Waals surface area contributed by atoms with Gasteiger partial charge < -0.3 is 5.11 Å². The third-order valence-electron chi connectivity index (χ3n) is 2.01. The highest BCUT2D eigenvalue weighted by molar-refractivity contribution is 9.10. The van der Waals surface area contributed by atoms with E-state index in [1.165, 1.54) is 12.1 Å². The zero-order valence-corrected chi connectivity index (χ0v) is 9.96. The Balaban J connectivity index is 3.04. The first-order chi connectivity index (χ1) is 7.50. The van der Waals surface area contributed by atoms with Gasteiger partial charge in [-0.3, -0.25) is 4.79 Å². The van der Waals surface area contributed by atoms with E-state index < -0.39 is 11.5 Å². The van der Waals surface area contributed by atoms with Gasteiger partial charge in [0, 0.05) is 9.86 Å². The first kappa shape index (κ1) is 11.1. The number of fused-ring (bicyclic) bond motifs is 1. The van der Waals surface area contributed by atoms with E-state index in [0.29, 0.717) is 4.47 Å². The Morgan fingerprint density at radius 2 is 2.19 bits per heavy atom. The maximum absolute atomic E-state index is 11.5. The number of hydrogen-bond acceptors (Lipinski definition) is 3. The standard InChI is InChI=1S/C9H4BrClN2O3/c10-3-1-4-6(5(11)2-3)8(14)13-12-7(4)9(15)16/h1-2H,(H,13,14)(H,15,16). The Hall–Kier alpha value is -1.40. The van der Waals surface area contributed by atoms with Crippen molar-refractivity contribution < 1.29 is 9.90 Å². The molecule has 1 heterocycles. The maximum Gasteiger partial charge on any atom is 0.356 e.